The lowest BCUT2D eigenvalue weighted by molar-refractivity contribution is -0.382. The third kappa shape index (κ3) is 1.28. The average Bonchev–Trinajstić information content (AvgIpc) is 2.50. The summed E-state index contributed by atoms with van der Waals surface area (Å²) in [5.41, 5.74) is 0.00849. The average molecular weight is 214 g/mol. The van der Waals surface area contributed by atoms with Crippen LogP contribution in [0.2, 0.25) is 5.02 Å². The highest BCUT2D eigenvalue weighted by Gasteiger charge is 2.17. The topological polar surface area (TPSA) is 43.1 Å². The Balaban J connectivity index is 2.88. The Bertz CT molecular complexity index is 480. The molecule has 0 saturated heterocycles. The van der Waals surface area contributed by atoms with Gasteiger partial charge in [-0.15, -0.1) is 11.3 Å². The van der Waals surface area contributed by atoms with Gasteiger partial charge in [0.1, 0.15) is 9.72 Å². The second-order valence-corrected chi connectivity index (χ2v) is 3.82. The van der Waals surface area contributed by atoms with Crippen molar-refractivity contribution in [3.63, 3.8) is 0 Å². The van der Waals surface area contributed by atoms with Crippen LogP contribution < -0.4 is 0 Å². The maximum atomic E-state index is 10.7. The summed E-state index contributed by atoms with van der Waals surface area (Å²) >= 11 is 7.05. The van der Waals surface area contributed by atoms with Crippen molar-refractivity contribution in [2.75, 3.05) is 0 Å². The van der Waals surface area contributed by atoms with Crippen LogP contribution in [0, 0.1) is 10.1 Å². The van der Waals surface area contributed by atoms with Gasteiger partial charge >= 0.3 is 5.69 Å². The third-order valence-corrected chi connectivity index (χ3v) is 2.97. The molecule has 0 radical (unpaired) electrons. The zero-order chi connectivity index (χ0) is 9.42. The Morgan fingerprint density at radius 2 is 2.15 bits per heavy atom. The number of hydrogen-bond donors (Lipinski definition) is 0. The first-order valence-electron chi connectivity index (χ1n) is 3.50. The first-order valence-corrected chi connectivity index (χ1v) is 4.76. The Morgan fingerprint density at radius 3 is 2.85 bits per heavy atom. The van der Waals surface area contributed by atoms with Crippen LogP contribution in [-0.4, -0.2) is 4.92 Å². The van der Waals surface area contributed by atoms with E-state index in [1.807, 2.05) is 11.4 Å². The minimum Gasteiger partial charge on any atom is -0.258 e. The SMILES string of the molecule is O=[N+]([O-])c1c(Cl)ccc2ccsc12. The van der Waals surface area contributed by atoms with Gasteiger partial charge in [-0.2, -0.15) is 0 Å². The first kappa shape index (κ1) is 8.47. The van der Waals surface area contributed by atoms with Gasteiger partial charge in [-0.25, -0.2) is 0 Å². The van der Waals surface area contributed by atoms with Gasteiger partial charge in [0.15, 0.2) is 0 Å². The maximum Gasteiger partial charge on any atom is 0.305 e. The van der Waals surface area contributed by atoms with E-state index in [0.29, 0.717) is 4.70 Å². The van der Waals surface area contributed by atoms with Crippen molar-refractivity contribution in [1.29, 1.82) is 0 Å². The summed E-state index contributed by atoms with van der Waals surface area (Å²) in [6.07, 6.45) is 0. The lowest BCUT2D eigenvalue weighted by Crippen LogP contribution is -1.88. The molecule has 1 heterocycles. The van der Waals surface area contributed by atoms with E-state index in [-0.39, 0.29) is 10.7 Å². The van der Waals surface area contributed by atoms with Crippen LogP contribution in [0.25, 0.3) is 10.1 Å². The van der Waals surface area contributed by atoms with Gasteiger partial charge in [-0.05, 0) is 22.9 Å². The van der Waals surface area contributed by atoms with Gasteiger partial charge in [0.2, 0.25) is 0 Å². The van der Waals surface area contributed by atoms with Gasteiger partial charge < -0.3 is 0 Å². The first-order chi connectivity index (χ1) is 6.20. The van der Waals surface area contributed by atoms with E-state index < -0.39 is 4.92 Å². The normalized spacial score (nSPS) is 10.5. The number of halogens is 1. The number of benzene rings is 1. The summed E-state index contributed by atoms with van der Waals surface area (Å²) in [7, 11) is 0. The largest absolute Gasteiger partial charge is 0.305 e. The lowest BCUT2D eigenvalue weighted by atomic mass is 10.2. The van der Waals surface area contributed by atoms with Crippen molar-refractivity contribution in [3.05, 3.63) is 38.7 Å². The van der Waals surface area contributed by atoms with Crippen molar-refractivity contribution in [1.82, 2.24) is 0 Å². The summed E-state index contributed by atoms with van der Waals surface area (Å²) in [5.74, 6) is 0. The molecule has 0 amide bonds. The number of hydrogen-bond acceptors (Lipinski definition) is 3. The van der Waals surface area contributed by atoms with Crippen LogP contribution in [0.5, 0.6) is 0 Å². The zero-order valence-electron chi connectivity index (χ0n) is 6.36. The molecule has 0 fully saturated rings. The van der Waals surface area contributed by atoms with Crippen LogP contribution in [-0.2, 0) is 0 Å². The van der Waals surface area contributed by atoms with Gasteiger partial charge in [0.05, 0.1) is 4.92 Å². The molecule has 1 aromatic heterocycles. The number of rotatable bonds is 1. The molecule has 0 unspecified atom stereocenters. The summed E-state index contributed by atoms with van der Waals surface area (Å²) < 4.78 is 0.637. The van der Waals surface area contributed by atoms with Crippen LogP contribution in [0.3, 0.4) is 0 Å². The molecular weight excluding hydrogens is 210 g/mol. The van der Waals surface area contributed by atoms with E-state index in [9.17, 15) is 10.1 Å². The predicted molar refractivity (Wildman–Crippen MR) is 53.5 cm³/mol. The van der Waals surface area contributed by atoms with Crippen LogP contribution in [0.4, 0.5) is 5.69 Å². The van der Waals surface area contributed by atoms with Crippen molar-refractivity contribution in [3.8, 4) is 0 Å². The Hall–Kier alpha value is -1.13. The van der Waals surface area contributed by atoms with Gasteiger partial charge in [-0.3, -0.25) is 10.1 Å². The van der Waals surface area contributed by atoms with E-state index in [0.717, 1.165) is 5.39 Å². The van der Waals surface area contributed by atoms with Gasteiger partial charge in [0, 0.05) is 0 Å². The number of fused-ring (bicyclic) bond motifs is 1. The van der Waals surface area contributed by atoms with Crippen LogP contribution in [0.1, 0.15) is 0 Å². The van der Waals surface area contributed by atoms with Gasteiger partial charge in [0.25, 0.3) is 0 Å². The highest BCUT2D eigenvalue weighted by atomic mass is 35.5. The second-order valence-electron chi connectivity index (χ2n) is 2.49. The van der Waals surface area contributed by atoms with E-state index in [4.69, 9.17) is 11.6 Å². The van der Waals surface area contributed by atoms with E-state index >= 15 is 0 Å². The molecular formula is C8H4ClNO2S. The molecule has 0 aliphatic rings. The minimum absolute atomic E-state index is 0.00849. The molecule has 0 N–H and O–H groups in total. The fourth-order valence-electron chi connectivity index (χ4n) is 1.16. The molecule has 0 bridgehead atoms. The Kier molecular flexibility index (Phi) is 1.94. The van der Waals surface area contributed by atoms with E-state index in [1.165, 1.54) is 11.3 Å². The maximum absolute atomic E-state index is 10.7. The second kappa shape index (κ2) is 2.97. The summed E-state index contributed by atoms with van der Waals surface area (Å²) in [4.78, 5) is 10.2. The number of nitro benzene ring substituents is 1. The highest BCUT2D eigenvalue weighted by Crippen LogP contribution is 2.36. The molecule has 0 aliphatic carbocycles. The summed E-state index contributed by atoms with van der Waals surface area (Å²) in [6.45, 7) is 0. The summed E-state index contributed by atoms with van der Waals surface area (Å²) in [5, 5.41) is 13.5. The molecule has 0 atom stereocenters. The molecule has 0 saturated carbocycles. The van der Waals surface area contributed by atoms with Gasteiger partial charge in [-0.1, -0.05) is 17.7 Å². The third-order valence-electron chi connectivity index (χ3n) is 1.73. The quantitative estimate of drug-likeness (QED) is 0.538. The van der Waals surface area contributed by atoms with E-state index in [1.54, 1.807) is 12.1 Å². The predicted octanol–water partition coefficient (Wildman–Crippen LogP) is 3.46. The van der Waals surface area contributed by atoms with Crippen molar-refractivity contribution in [2.45, 2.75) is 0 Å². The summed E-state index contributed by atoms with van der Waals surface area (Å²) in [6, 6.07) is 5.17. The monoisotopic (exact) mass is 213 g/mol. The molecule has 5 heteroatoms. The smallest absolute Gasteiger partial charge is 0.258 e. The standard InChI is InChI=1S/C8H4ClNO2S/c9-6-2-1-5-3-4-13-8(5)7(6)10(11)12/h1-4H. The number of nitrogens with zero attached hydrogens (tertiary/aromatic N) is 1. The van der Waals surface area contributed by atoms with Crippen molar-refractivity contribution >= 4 is 38.7 Å². The fourth-order valence-corrected chi connectivity index (χ4v) is 2.36. The Morgan fingerprint density at radius 1 is 1.38 bits per heavy atom. The fraction of sp³-hybridized carbons (Fsp3) is 0. The molecule has 2 rings (SSSR count). The molecule has 66 valence electrons. The molecule has 1 aromatic carbocycles. The number of thiophene rings is 1. The van der Waals surface area contributed by atoms with E-state index in [2.05, 4.69) is 0 Å². The molecule has 0 aliphatic heterocycles. The van der Waals surface area contributed by atoms with Crippen molar-refractivity contribution < 1.29 is 4.92 Å². The minimum atomic E-state index is -0.443. The molecule has 0 spiro atoms. The van der Waals surface area contributed by atoms with Crippen LogP contribution >= 0.6 is 22.9 Å². The Labute approximate surface area is 82.7 Å². The lowest BCUT2D eigenvalue weighted by Gasteiger charge is -1.95. The number of nitro groups is 1. The molecule has 3 nitrogen and oxygen atoms in total. The van der Waals surface area contributed by atoms with Crippen molar-refractivity contribution in [2.24, 2.45) is 0 Å². The molecule has 2 aromatic rings. The highest BCUT2D eigenvalue weighted by molar-refractivity contribution is 7.17. The molecule has 13 heavy (non-hydrogen) atoms. The van der Waals surface area contributed by atoms with Crippen LogP contribution in [0.15, 0.2) is 23.6 Å². The zero-order valence-corrected chi connectivity index (χ0v) is 7.93.